The summed E-state index contributed by atoms with van der Waals surface area (Å²) in [7, 11) is -2.38. The van der Waals surface area contributed by atoms with Crippen molar-refractivity contribution in [3.05, 3.63) is 36.9 Å². The molecule has 9 heteroatoms. The number of carbonyl (C=O) groups is 2. The van der Waals surface area contributed by atoms with Gasteiger partial charge in [0.25, 0.3) is 5.91 Å². The molecule has 1 aromatic carbocycles. The summed E-state index contributed by atoms with van der Waals surface area (Å²) in [5.41, 5.74) is 0. The Morgan fingerprint density at radius 3 is 2.63 bits per heavy atom. The minimum atomic E-state index is -3.86. The highest BCUT2D eigenvalue weighted by atomic mass is 32.2. The van der Waals surface area contributed by atoms with Crippen LogP contribution in [0.3, 0.4) is 0 Å². The molecule has 1 N–H and O–H groups in total. The number of esters is 1. The van der Waals surface area contributed by atoms with Crippen LogP contribution in [0.15, 0.2) is 41.8 Å². The number of sulfonamides is 1. The van der Waals surface area contributed by atoms with Gasteiger partial charge in [-0.2, -0.15) is 4.31 Å². The van der Waals surface area contributed by atoms with Crippen LogP contribution in [0, 0.1) is 0 Å². The van der Waals surface area contributed by atoms with Crippen molar-refractivity contribution in [2.24, 2.45) is 0 Å². The van der Waals surface area contributed by atoms with Crippen molar-refractivity contribution in [1.82, 2.24) is 9.62 Å². The quantitative estimate of drug-likeness (QED) is 0.521. The van der Waals surface area contributed by atoms with Crippen LogP contribution in [0.5, 0.6) is 5.75 Å². The Kier molecular flexibility index (Phi) is 6.98. The van der Waals surface area contributed by atoms with Crippen molar-refractivity contribution in [2.75, 3.05) is 20.2 Å². The Hall–Kier alpha value is -2.39. The third kappa shape index (κ3) is 4.86. The zero-order chi connectivity index (χ0) is 20.0. The van der Waals surface area contributed by atoms with E-state index in [1.165, 1.54) is 32.2 Å². The predicted molar refractivity (Wildman–Crippen MR) is 98.7 cm³/mol. The maximum Gasteiger partial charge on any atom is 0.325 e. The minimum absolute atomic E-state index is 0.0692. The smallest absolute Gasteiger partial charge is 0.325 e. The minimum Gasteiger partial charge on any atom is -0.497 e. The molecule has 1 aliphatic rings. The van der Waals surface area contributed by atoms with Crippen molar-refractivity contribution >= 4 is 21.9 Å². The number of benzene rings is 1. The normalized spacial score (nSPS) is 18.5. The molecular weight excluding hydrogens is 372 g/mol. The molecule has 2 atom stereocenters. The molecule has 1 heterocycles. The van der Waals surface area contributed by atoms with Gasteiger partial charge >= 0.3 is 5.97 Å². The summed E-state index contributed by atoms with van der Waals surface area (Å²) in [6.07, 6.45) is 1.36. The number of nitrogens with zero attached hydrogens (tertiary/aromatic N) is 1. The van der Waals surface area contributed by atoms with E-state index in [-0.39, 0.29) is 18.0 Å². The van der Waals surface area contributed by atoms with Gasteiger partial charge in [-0.1, -0.05) is 6.08 Å². The highest BCUT2D eigenvalue weighted by Crippen LogP contribution is 2.28. The molecule has 1 saturated heterocycles. The topological polar surface area (TPSA) is 102 Å². The lowest BCUT2D eigenvalue weighted by atomic mass is 10.2. The zero-order valence-corrected chi connectivity index (χ0v) is 16.2. The van der Waals surface area contributed by atoms with Gasteiger partial charge in [0.1, 0.15) is 11.8 Å². The van der Waals surface area contributed by atoms with Gasteiger partial charge in [0.15, 0.2) is 6.10 Å². The van der Waals surface area contributed by atoms with E-state index in [2.05, 4.69) is 11.9 Å². The first kappa shape index (κ1) is 20.9. The Labute approximate surface area is 159 Å². The fraction of sp³-hybridized carbons (Fsp3) is 0.444. The second kappa shape index (κ2) is 9.01. The number of ether oxygens (including phenoxy) is 2. The van der Waals surface area contributed by atoms with Crippen molar-refractivity contribution in [3.63, 3.8) is 0 Å². The summed E-state index contributed by atoms with van der Waals surface area (Å²) < 4.78 is 37.1. The fourth-order valence-corrected chi connectivity index (χ4v) is 4.42. The number of amides is 1. The molecule has 8 nitrogen and oxygen atoms in total. The van der Waals surface area contributed by atoms with Gasteiger partial charge in [-0.3, -0.25) is 9.59 Å². The standard InChI is InChI=1S/C18H24N2O6S/c1-4-11-19-17(21)13(2)26-18(22)16-6-5-12-20(16)27(23,24)15-9-7-14(25-3)8-10-15/h4,7-10,13,16H,1,5-6,11-12H2,2-3H3,(H,19,21)/t13-,16-/m0/s1. The van der Waals surface area contributed by atoms with Gasteiger partial charge in [-0.15, -0.1) is 6.58 Å². The average Bonchev–Trinajstić information content (AvgIpc) is 3.17. The Balaban J connectivity index is 2.11. The van der Waals surface area contributed by atoms with E-state index < -0.39 is 34.0 Å². The van der Waals surface area contributed by atoms with Crippen LogP contribution in [0.2, 0.25) is 0 Å². The van der Waals surface area contributed by atoms with Crippen LogP contribution >= 0.6 is 0 Å². The third-order valence-corrected chi connectivity index (χ3v) is 6.15. The van der Waals surface area contributed by atoms with Crippen molar-refractivity contribution in [2.45, 2.75) is 36.8 Å². The van der Waals surface area contributed by atoms with Crippen LogP contribution in [0.1, 0.15) is 19.8 Å². The number of carbonyl (C=O) groups excluding carboxylic acids is 2. The monoisotopic (exact) mass is 396 g/mol. The number of hydrogen-bond acceptors (Lipinski definition) is 6. The maximum atomic E-state index is 12.9. The Bertz CT molecular complexity index is 791. The predicted octanol–water partition coefficient (Wildman–Crippen LogP) is 1.08. The van der Waals surface area contributed by atoms with Crippen LogP contribution < -0.4 is 10.1 Å². The molecule has 0 bridgehead atoms. The SMILES string of the molecule is C=CCNC(=O)[C@H](C)OC(=O)[C@@H]1CCCN1S(=O)(=O)c1ccc(OC)cc1. The molecule has 0 aromatic heterocycles. The Morgan fingerprint density at radius 2 is 2.04 bits per heavy atom. The van der Waals surface area contributed by atoms with Gasteiger partial charge in [0.2, 0.25) is 10.0 Å². The molecule has 0 saturated carbocycles. The number of nitrogens with one attached hydrogen (secondary N) is 1. The average molecular weight is 396 g/mol. The van der Waals surface area contributed by atoms with Crippen molar-refractivity contribution in [1.29, 1.82) is 0 Å². The van der Waals surface area contributed by atoms with Gasteiger partial charge in [-0.05, 0) is 44.0 Å². The largest absolute Gasteiger partial charge is 0.497 e. The zero-order valence-electron chi connectivity index (χ0n) is 15.4. The first-order chi connectivity index (χ1) is 12.8. The lowest BCUT2D eigenvalue weighted by Crippen LogP contribution is -2.44. The van der Waals surface area contributed by atoms with E-state index >= 15 is 0 Å². The molecule has 1 aromatic rings. The van der Waals surface area contributed by atoms with Gasteiger partial charge in [0.05, 0.1) is 12.0 Å². The van der Waals surface area contributed by atoms with E-state index in [4.69, 9.17) is 9.47 Å². The van der Waals surface area contributed by atoms with E-state index in [9.17, 15) is 18.0 Å². The second-order valence-corrected chi connectivity index (χ2v) is 7.95. The molecule has 27 heavy (non-hydrogen) atoms. The fourth-order valence-electron chi connectivity index (χ4n) is 2.77. The molecular formula is C18H24N2O6S. The van der Waals surface area contributed by atoms with Gasteiger partial charge < -0.3 is 14.8 Å². The number of hydrogen-bond donors (Lipinski definition) is 1. The van der Waals surface area contributed by atoms with Crippen LogP contribution in [0.25, 0.3) is 0 Å². The summed E-state index contributed by atoms with van der Waals surface area (Å²) in [6.45, 7) is 5.39. The van der Waals surface area contributed by atoms with Crippen LogP contribution in [-0.2, 0) is 24.3 Å². The maximum absolute atomic E-state index is 12.9. The van der Waals surface area contributed by atoms with E-state index in [0.29, 0.717) is 18.6 Å². The van der Waals surface area contributed by atoms with E-state index in [1.54, 1.807) is 12.1 Å². The van der Waals surface area contributed by atoms with Gasteiger partial charge in [-0.25, -0.2) is 8.42 Å². The third-order valence-electron chi connectivity index (χ3n) is 4.22. The summed E-state index contributed by atoms with van der Waals surface area (Å²) in [6, 6.07) is 5.00. The van der Waals surface area contributed by atoms with Crippen molar-refractivity contribution in [3.8, 4) is 5.75 Å². The number of methoxy groups -OCH3 is 1. The Morgan fingerprint density at radius 1 is 1.37 bits per heavy atom. The summed E-state index contributed by atoms with van der Waals surface area (Å²) in [5.74, 6) is -0.664. The lowest BCUT2D eigenvalue weighted by Gasteiger charge is -2.24. The molecule has 0 unspecified atom stereocenters. The molecule has 0 aliphatic carbocycles. The number of rotatable bonds is 8. The molecule has 1 fully saturated rings. The molecule has 1 amide bonds. The first-order valence-corrected chi connectivity index (χ1v) is 10.00. The molecule has 1 aliphatic heterocycles. The lowest BCUT2D eigenvalue weighted by molar-refractivity contribution is -0.157. The molecule has 2 rings (SSSR count). The van der Waals surface area contributed by atoms with E-state index in [1.807, 2.05) is 0 Å². The summed E-state index contributed by atoms with van der Waals surface area (Å²) >= 11 is 0. The van der Waals surface area contributed by atoms with Gasteiger partial charge in [0, 0.05) is 13.1 Å². The van der Waals surface area contributed by atoms with E-state index in [0.717, 1.165) is 4.31 Å². The summed E-state index contributed by atoms with van der Waals surface area (Å²) in [4.78, 5) is 24.4. The second-order valence-electron chi connectivity index (χ2n) is 6.06. The van der Waals surface area contributed by atoms with Crippen molar-refractivity contribution < 1.29 is 27.5 Å². The van der Waals surface area contributed by atoms with Crippen LogP contribution in [-0.4, -0.2) is 56.9 Å². The summed E-state index contributed by atoms with van der Waals surface area (Å²) in [5, 5.41) is 2.53. The highest BCUT2D eigenvalue weighted by Gasteiger charge is 2.41. The molecule has 0 radical (unpaired) electrons. The molecule has 0 spiro atoms. The highest BCUT2D eigenvalue weighted by molar-refractivity contribution is 7.89. The molecule has 148 valence electrons. The van der Waals surface area contributed by atoms with Crippen LogP contribution in [0.4, 0.5) is 0 Å². The first-order valence-electron chi connectivity index (χ1n) is 8.56.